The lowest BCUT2D eigenvalue weighted by atomic mass is 9.86. The van der Waals surface area contributed by atoms with Gasteiger partial charge in [-0.1, -0.05) is 248 Å². The van der Waals surface area contributed by atoms with Gasteiger partial charge in [-0.2, -0.15) is 0 Å². The fraction of sp³-hybridized carbons (Fsp3) is 0. The molecule has 0 saturated carbocycles. The van der Waals surface area contributed by atoms with E-state index in [0.717, 1.165) is 0 Å². The smallest absolute Gasteiger partial charge is 0.136 e. The predicted molar refractivity (Wildman–Crippen MR) is 348 cm³/mol. The summed E-state index contributed by atoms with van der Waals surface area (Å²) >= 11 is 0. The van der Waals surface area contributed by atoms with Crippen LogP contribution in [0.1, 0.15) is 68.5 Å². The van der Waals surface area contributed by atoms with Crippen molar-refractivity contribution in [2.45, 2.75) is 0 Å². The SMILES string of the molecule is [2H]c1c([2H])c([2H])c(-c2c([2H])c([2H])c3oc4c([2H])c(-c5c6c([2H])c([2H])c([2H])c([2H])c6c(-c6c([2H])c([2H])c([2H])c([2H])c6[2H])c6c([2H])c([2H])c([2H])c([2H])c56)c([2H])c([2H])c4c3c2[2H])c([2H])c1[2H].[2H]c1c([2H])c([2H])c(-c2c3c([2H])c([2H])c([2H])c([2H])c3c(-c3c([2H])c([2H])c4c(oc5c([2H])c([2H])c(-c6c([2H])c([2H])c7c([2H])c([2H])c([2H])c([2H])c7c6[2H])c([2H])c54)c3[2H])c3c([2H])c([2H])c([2H])c([2H])c23)c([2H])c1[2H]. The molecule has 0 bridgehead atoms. The minimum Gasteiger partial charge on any atom is -0.456 e. The second kappa shape index (κ2) is 19.5. The minimum absolute atomic E-state index is 0.471. The topological polar surface area (TPSA) is 26.3 Å². The van der Waals surface area contributed by atoms with Crippen LogP contribution in [0.2, 0.25) is 0 Å². The van der Waals surface area contributed by atoms with E-state index in [-0.39, 0.29) is 0 Å². The highest BCUT2D eigenvalue weighted by atomic mass is 16.3. The summed E-state index contributed by atoms with van der Waals surface area (Å²) in [7, 11) is 0. The number of rotatable bonds is 6. The first-order valence-corrected chi connectivity index (χ1v) is 24.1. The Morgan fingerprint density at radius 1 is 0.171 bits per heavy atom. The van der Waals surface area contributed by atoms with E-state index in [1.54, 1.807) is 0 Å². The molecule has 0 aliphatic carbocycles. The Morgan fingerprint density at radius 3 is 0.890 bits per heavy atom. The normalized spacial score (nSPS) is 20.2. The lowest BCUT2D eigenvalue weighted by molar-refractivity contribution is 0.668. The lowest BCUT2D eigenvalue weighted by Gasteiger charge is -2.17. The molecule has 2 heterocycles. The molecule has 0 radical (unpaired) electrons. The molecule has 0 aliphatic heterocycles. The number of furan rings is 2. The number of hydrogen-bond donors (Lipinski definition) is 0. The Balaban J connectivity index is 0.000000193. The quantitative estimate of drug-likeness (QED) is 0.155. The molecular weight excluding hydrogens is 993 g/mol. The molecule has 0 N–H and O–H groups in total. The van der Waals surface area contributed by atoms with Gasteiger partial charge in [0.1, 0.15) is 22.3 Å². The zero-order chi connectivity index (χ0) is 97.6. The van der Waals surface area contributed by atoms with Gasteiger partial charge < -0.3 is 8.83 Å². The second-order valence-electron chi connectivity index (χ2n) is 17.5. The van der Waals surface area contributed by atoms with Gasteiger partial charge >= 0.3 is 0 Å². The molecule has 17 aromatic rings. The zero-order valence-corrected chi connectivity index (χ0v) is 40.8. The van der Waals surface area contributed by atoms with Crippen molar-refractivity contribution in [1.82, 2.24) is 0 Å². The van der Waals surface area contributed by atoms with Gasteiger partial charge in [0, 0.05) is 21.5 Å². The Labute approximate surface area is 544 Å². The van der Waals surface area contributed by atoms with Crippen LogP contribution in [-0.4, -0.2) is 0 Å². The second-order valence-corrected chi connectivity index (χ2v) is 17.5. The van der Waals surface area contributed by atoms with Crippen molar-refractivity contribution in [3.8, 4) is 66.8 Å². The van der Waals surface area contributed by atoms with Crippen molar-refractivity contribution in [1.29, 1.82) is 0 Å². The molecule has 2 heteroatoms. The molecular formula is C80H50O2. The average Bonchev–Trinajstić information content (AvgIpc) is 0.992. The van der Waals surface area contributed by atoms with E-state index in [4.69, 9.17) is 58.2 Å². The van der Waals surface area contributed by atoms with Gasteiger partial charge in [0.25, 0.3) is 0 Å². The van der Waals surface area contributed by atoms with Crippen molar-refractivity contribution >= 4 is 97.7 Å². The van der Waals surface area contributed by atoms with Gasteiger partial charge in [0.2, 0.25) is 0 Å². The maximum absolute atomic E-state index is 9.65. The van der Waals surface area contributed by atoms with Crippen LogP contribution in [-0.2, 0) is 0 Å². The molecule has 15 aromatic carbocycles. The monoisotopic (exact) mass is 1090 g/mol. The van der Waals surface area contributed by atoms with Gasteiger partial charge in [0.05, 0.1) is 68.5 Å². The summed E-state index contributed by atoms with van der Waals surface area (Å²) in [6.07, 6.45) is 0. The van der Waals surface area contributed by atoms with Gasteiger partial charge in [-0.05, 0) is 175 Å². The molecule has 0 aliphatic rings. The maximum Gasteiger partial charge on any atom is 0.136 e. The van der Waals surface area contributed by atoms with Crippen molar-refractivity contribution in [2.75, 3.05) is 0 Å². The average molecular weight is 1090 g/mol. The summed E-state index contributed by atoms with van der Waals surface area (Å²) in [5.41, 5.74) is -10.6. The van der Waals surface area contributed by atoms with Crippen molar-refractivity contribution in [3.05, 3.63) is 302 Å². The van der Waals surface area contributed by atoms with Crippen LogP contribution >= 0.6 is 0 Å². The molecule has 0 spiro atoms. The van der Waals surface area contributed by atoms with E-state index in [1.165, 1.54) is 0 Å². The molecule has 2 aromatic heterocycles. The van der Waals surface area contributed by atoms with Gasteiger partial charge in [-0.3, -0.25) is 0 Å². The van der Waals surface area contributed by atoms with Gasteiger partial charge in [-0.15, -0.1) is 0 Å². The number of benzene rings is 15. The summed E-state index contributed by atoms with van der Waals surface area (Å²) in [5.74, 6) is 0. The summed E-state index contributed by atoms with van der Waals surface area (Å²) in [6, 6.07) is -43.6. The van der Waals surface area contributed by atoms with E-state index in [1.807, 2.05) is 0 Å². The van der Waals surface area contributed by atoms with Crippen LogP contribution < -0.4 is 0 Å². The summed E-state index contributed by atoms with van der Waals surface area (Å²) in [5, 5.41) is -8.23. The molecule has 2 nitrogen and oxygen atoms in total. The Bertz CT molecular complexity index is 8190. The van der Waals surface area contributed by atoms with Crippen molar-refractivity contribution in [2.24, 2.45) is 0 Å². The Hall–Kier alpha value is -10.8. The highest BCUT2D eigenvalue weighted by Crippen LogP contribution is 2.47. The fourth-order valence-corrected chi connectivity index (χ4v) is 9.56. The van der Waals surface area contributed by atoms with Crippen LogP contribution in [0.5, 0.6) is 0 Å². The van der Waals surface area contributed by atoms with Crippen LogP contribution in [0.3, 0.4) is 0 Å². The first kappa shape index (κ1) is 18.9. The molecule has 17 rings (SSSR count). The highest BCUT2D eigenvalue weighted by Gasteiger charge is 2.20. The molecule has 82 heavy (non-hydrogen) atoms. The third-order valence-corrected chi connectivity index (χ3v) is 13.0. The first-order chi connectivity index (χ1) is 61.5. The van der Waals surface area contributed by atoms with Crippen molar-refractivity contribution < 1.29 is 77.4 Å². The van der Waals surface area contributed by atoms with E-state index in [9.17, 15) is 19.2 Å². The summed E-state index contributed by atoms with van der Waals surface area (Å²) in [4.78, 5) is 0. The van der Waals surface area contributed by atoms with Crippen LogP contribution in [0.4, 0.5) is 0 Å². The van der Waals surface area contributed by atoms with Gasteiger partial charge in [0.15, 0.2) is 0 Å². The molecule has 0 atom stereocenters. The number of fused-ring (bicyclic) bond motifs is 11. The molecule has 0 fully saturated rings. The summed E-state index contributed by atoms with van der Waals surface area (Å²) in [6.45, 7) is 0. The molecule has 382 valence electrons. The minimum atomic E-state index is -0.979. The number of hydrogen-bond acceptors (Lipinski definition) is 2. The van der Waals surface area contributed by atoms with Crippen LogP contribution in [0.25, 0.3) is 165 Å². The van der Waals surface area contributed by atoms with Crippen LogP contribution in [0.15, 0.2) is 311 Å². The third-order valence-electron chi connectivity index (χ3n) is 13.0. The maximum atomic E-state index is 9.65. The Kier molecular flexibility index (Phi) is 4.50. The van der Waals surface area contributed by atoms with E-state index in [0.29, 0.717) is 0 Å². The van der Waals surface area contributed by atoms with E-state index >= 15 is 0 Å². The van der Waals surface area contributed by atoms with Crippen molar-refractivity contribution in [3.63, 3.8) is 0 Å². The molecule has 0 amide bonds. The molecule has 0 saturated heterocycles. The van der Waals surface area contributed by atoms with Crippen LogP contribution in [0, 0.1) is 0 Å². The predicted octanol–water partition coefficient (Wildman–Crippen LogP) is 22.9. The van der Waals surface area contributed by atoms with Gasteiger partial charge in [-0.25, -0.2) is 0 Å². The first-order valence-electron chi connectivity index (χ1n) is 49.1. The van der Waals surface area contributed by atoms with E-state index < -0.39 is 467 Å². The highest BCUT2D eigenvalue weighted by molar-refractivity contribution is 6.24. The molecule has 0 unspecified atom stereocenters. The largest absolute Gasteiger partial charge is 0.456 e. The lowest BCUT2D eigenvalue weighted by Crippen LogP contribution is -1.90. The summed E-state index contributed by atoms with van der Waals surface area (Å²) < 4.78 is 453. The standard InChI is InChI=1S/C42H26O.C38H24O/c1-2-11-28(12-3-1)41-34-14-6-8-16-36(34)42(37-17-9-7-15-35(37)41)32-20-22-33-38-25-31(21-23-39(38)43-40(33)26-32)30-19-18-27-10-4-5-13-29(27)24-30;1-3-11-25(12-4-1)27-20-22-35-34(23-27)29-21-19-28(24-36(29)39-35)38-32-17-9-7-15-30(32)37(26-13-5-2-6-14-26)31-16-8-10-18-33(31)38/h1-26H;1-24H/i1D,2D,3D,4D,5D,6D,7D,8D,9D,10D,11D,12D,13D,14D,15D,16D,17D,18D,19D,20D,21D,22D,23D,24D,25D,26D;1D,2D,3D,4D,5D,6D,7D,8D,9D,10D,11D,12D,13D,14D,15D,16D,17D,18D,19D,20D,21D,22D,23D,24D. The Morgan fingerprint density at radius 2 is 0.476 bits per heavy atom. The fourth-order valence-electron chi connectivity index (χ4n) is 9.56. The zero-order valence-electron chi connectivity index (χ0n) is 90.8. The van der Waals surface area contributed by atoms with E-state index in [2.05, 4.69) is 0 Å². The third kappa shape index (κ3) is 7.95.